The molecule has 0 spiro atoms. The van der Waals surface area contributed by atoms with Crippen molar-refractivity contribution in [1.29, 1.82) is 0 Å². The first-order valence-corrected chi connectivity index (χ1v) is 7.37. The van der Waals surface area contributed by atoms with Crippen LogP contribution in [0.25, 0.3) is 0 Å². The van der Waals surface area contributed by atoms with E-state index in [-0.39, 0.29) is 17.8 Å². The minimum absolute atomic E-state index is 0.0620. The van der Waals surface area contributed by atoms with Crippen LogP contribution < -0.4 is 0 Å². The molecule has 104 valence electrons. The molecule has 0 amide bonds. The van der Waals surface area contributed by atoms with Gasteiger partial charge in [0.2, 0.25) is 0 Å². The Morgan fingerprint density at radius 3 is 3.11 bits per heavy atom. The first kappa shape index (κ1) is 14.2. The summed E-state index contributed by atoms with van der Waals surface area (Å²) in [5, 5.41) is 0. The minimum atomic E-state index is -0.257. The van der Waals surface area contributed by atoms with Gasteiger partial charge < -0.3 is 4.74 Å². The van der Waals surface area contributed by atoms with Crippen molar-refractivity contribution in [2.24, 2.45) is 0 Å². The first-order valence-electron chi connectivity index (χ1n) is 7.37. The Labute approximate surface area is 115 Å². The van der Waals surface area contributed by atoms with Gasteiger partial charge >= 0.3 is 0 Å². The highest BCUT2D eigenvalue weighted by molar-refractivity contribution is 5.89. The molecular weight excluding hydrogens is 238 g/mol. The fourth-order valence-electron chi connectivity index (χ4n) is 2.88. The molecule has 1 aliphatic rings. The molecule has 2 unspecified atom stereocenters. The van der Waals surface area contributed by atoms with Crippen molar-refractivity contribution in [3.63, 3.8) is 0 Å². The quantitative estimate of drug-likeness (QED) is 0.789. The average molecular weight is 261 g/mol. The van der Waals surface area contributed by atoms with Crippen LogP contribution >= 0.6 is 0 Å². The number of fused-ring (bicyclic) bond motifs is 1. The van der Waals surface area contributed by atoms with Gasteiger partial charge in [-0.1, -0.05) is 19.4 Å². The molecule has 19 heavy (non-hydrogen) atoms. The molecule has 0 bridgehead atoms. The number of carbonyl (C=O) groups excluding carboxylic acids is 1. The van der Waals surface area contributed by atoms with Crippen LogP contribution in [0.5, 0.6) is 0 Å². The zero-order valence-electron chi connectivity index (χ0n) is 11.9. The van der Waals surface area contributed by atoms with Gasteiger partial charge in [-0.2, -0.15) is 0 Å². The lowest BCUT2D eigenvalue weighted by Gasteiger charge is -2.26. The van der Waals surface area contributed by atoms with Gasteiger partial charge in [-0.25, -0.2) is 0 Å². The van der Waals surface area contributed by atoms with Gasteiger partial charge in [-0.05, 0) is 44.2 Å². The normalized spacial score (nSPS) is 19.8. The lowest BCUT2D eigenvalue weighted by molar-refractivity contribution is -0.132. The van der Waals surface area contributed by atoms with Crippen LogP contribution in [0.2, 0.25) is 0 Å². The average Bonchev–Trinajstić information content (AvgIpc) is 2.46. The van der Waals surface area contributed by atoms with Crippen LogP contribution in [-0.2, 0) is 16.0 Å². The van der Waals surface area contributed by atoms with Crippen molar-refractivity contribution in [3.8, 4) is 0 Å². The molecule has 1 aromatic heterocycles. The van der Waals surface area contributed by atoms with E-state index in [4.69, 9.17) is 4.74 Å². The number of ether oxygens (including phenoxy) is 1. The van der Waals surface area contributed by atoms with Crippen LogP contribution in [0.3, 0.4) is 0 Å². The van der Waals surface area contributed by atoms with Crippen molar-refractivity contribution in [3.05, 3.63) is 29.6 Å². The Morgan fingerprint density at radius 2 is 2.37 bits per heavy atom. The van der Waals surface area contributed by atoms with E-state index in [1.54, 1.807) is 6.20 Å². The minimum Gasteiger partial charge on any atom is -0.371 e. The van der Waals surface area contributed by atoms with E-state index in [1.165, 1.54) is 5.56 Å². The number of aromatic nitrogens is 1. The summed E-state index contributed by atoms with van der Waals surface area (Å²) in [6, 6.07) is 4.05. The summed E-state index contributed by atoms with van der Waals surface area (Å²) < 4.78 is 5.64. The van der Waals surface area contributed by atoms with Crippen molar-refractivity contribution in [2.75, 3.05) is 6.61 Å². The molecule has 0 aliphatic heterocycles. The third-order valence-electron chi connectivity index (χ3n) is 3.77. The smallest absolute Gasteiger partial charge is 0.170 e. The third-order valence-corrected chi connectivity index (χ3v) is 3.77. The molecular formula is C16H23NO2. The Bertz CT molecular complexity index is 425. The number of Topliss-reactive ketones (excluding diaryl/α,β-unsaturated/α-hetero) is 1. The molecule has 0 aromatic carbocycles. The second kappa shape index (κ2) is 6.80. The van der Waals surface area contributed by atoms with Gasteiger partial charge in [0.1, 0.15) is 6.10 Å². The Kier molecular flexibility index (Phi) is 5.08. The van der Waals surface area contributed by atoms with Crippen molar-refractivity contribution < 1.29 is 9.53 Å². The maximum Gasteiger partial charge on any atom is 0.170 e. The molecule has 3 heteroatoms. The maximum absolute atomic E-state index is 12.7. The molecule has 1 heterocycles. The predicted octanol–water partition coefficient (Wildman–Crippen LogP) is 3.28. The fourth-order valence-corrected chi connectivity index (χ4v) is 2.88. The highest BCUT2D eigenvalue weighted by Crippen LogP contribution is 2.32. The Hall–Kier alpha value is -1.22. The number of ketones is 1. The Balaban J connectivity index is 2.19. The van der Waals surface area contributed by atoms with Gasteiger partial charge in [-0.15, -0.1) is 0 Å². The topological polar surface area (TPSA) is 39.2 Å². The van der Waals surface area contributed by atoms with Crippen LogP contribution in [0.1, 0.15) is 56.7 Å². The van der Waals surface area contributed by atoms with E-state index in [0.29, 0.717) is 6.61 Å². The second-order valence-corrected chi connectivity index (χ2v) is 5.13. The number of hydrogen-bond acceptors (Lipinski definition) is 3. The van der Waals surface area contributed by atoms with E-state index in [0.717, 1.165) is 37.8 Å². The number of carbonyl (C=O) groups is 1. The van der Waals surface area contributed by atoms with Gasteiger partial charge in [-0.3, -0.25) is 9.78 Å². The number of pyridine rings is 1. The lowest BCUT2D eigenvalue weighted by atomic mass is 9.82. The molecule has 1 aromatic rings. The van der Waals surface area contributed by atoms with E-state index in [2.05, 4.69) is 18.0 Å². The van der Waals surface area contributed by atoms with E-state index in [1.807, 2.05) is 13.0 Å². The van der Waals surface area contributed by atoms with Crippen molar-refractivity contribution in [1.82, 2.24) is 4.98 Å². The molecule has 3 nitrogen and oxygen atoms in total. The monoisotopic (exact) mass is 261 g/mol. The summed E-state index contributed by atoms with van der Waals surface area (Å²) in [5.41, 5.74) is 2.22. The number of rotatable bonds is 6. The number of aryl methyl sites for hydroxylation is 1. The SMILES string of the molecule is CCCC(OCC)C(=O)C1CCCc2cccnc21. The third kappa shape index (κ3) is 3.21. The van der Waals surface area contributed by atoms with Crippen molar-refractivity contribution in [2.45, 2.75) is 58.0 Å². The maximum atomic E-state index is 12.7. The van der Waals surface area contributed by atoms with Crippen LogP contribution in [0, 0.1) is 0 Å². The summed E-state index contributed by atoms with van der Waals surface area (Å²) in [6.07, 6.45) is 6.34. The summed E-state index contributed by atoms with van der Waals surface area (Å²) in [6.45, 7) is 4.63. The summed E-state index contributed by atoms with van der Waals surface area (Å²) in [4.78, 5) is 17.1. The lowest BCUT2D eigenvalue weighted by Crippen LogP contribution is -2.32. The van der Waals surface area contributed by atoms with E-state index >= 15 is 0 Å². The zero-order chi connectivity index (χ0) is 13.7. The molecule has 1 aliphatic carbocycles. The number of nitrogens with zero attached hydrogens (tertiary/aromatic N) is 1. The van der Waals surface area contributed by atoms with Crippen LogP contribution in [0.4, 0.5) is 0 Å². The second-order valence-electron chi connectivity index (χ2n) is 5.13. The highest BCUT2D eigenvalue weighted by Gasteiger charge is 2.32. The standard InChI is InChI=1S/C16H23NO2/c1-3-7-14(19-4-2)16(18)13-10-5-8-12-9-6-11-17-15(12)13/h6,9,11,13-14H,3-5,7-8,10H2,1-2H3. The van der Waals surface area contributed by atoms with Gasteiger partial charge in [0.15, 0.2) is 5.78 Å². The number of hydrogen-bond donors (Lipinski definition) is 0. The summed E-state index contributed by atoms with van der Waals surface area (Å²) >= 11 is 0. The summed E-state index contributed by atoms with van der Waals surface area (Å²) in [5.74, 6) is 0.163. The van der Waals surface area contributed by atoms with Crippen LogP contribution in [0.15, 0.2) is 18.3 Å². The molecule has 0 fully saturated rings. The Morgan fingerprint density at radius 1 is 1.53 bits per heavy atom. The van der Waals surface area contributed by atoms with E-state index in [9.17, 15) is 4.79 Å². The van der Waals surface area contributed by atoms with Gasteiger partial charge in [0.25, 0.3) is 0 Å². The molecule has 0 radical (unpaired) electrons. The molecule has 0 N–H and O–H groups in total. The van der Waals surface area contributed by atoms with E-state index < -0.39 is 0 Å². The first-order chi connectivity index (χ1) is 9.27. The van der Waals surface area contributed by atoms with Crippen molar-refractivity contribution >= 4 is 5.78 Å². The fraction of sp³-hybridized carbons (Fsp3) is 0.625. The largest absolute Gasteiger partial charge is 0.371 e. The molecule has 2 atom stereocenters. The highest BCUT2D eigenvalue weighted by atomic mass is 16.5. The predicted molar refractivity (Wildman–Crippen MR) is 75.2 cm³/mol. The van der Waals surface area contributed by atoms with Gasteiger partial charge in [0, 0.05) is 12.8 Å². The molecule has 0 saturated carbocycles. The summed E-state index contributed by atoms with van der Waals surface area (Å²) in [7, 11) is 0. The van der Waals surface area contributed by atoms with Gasteiger partial charge in [0.05, 0.1) is 11.6 Å². The molecule has 2 rings (SSSR count). The van der Waals surface area contributed by atoms with Crippen LogP contribution in [-0.4, -0.2) is 23.5 Å². The molecule has 0 saturated heterocycles. The zero-order valence-corrected chi connectivity index (χ0v) is 11.9.